The standard InChI is InChI=1S/C14H17BrN2O/c15-11-5-6-13(16-7-11)14(18)17-8-12(9-1-2-9)10-3-4-10/h5-7,9-10,12H,1-4,8H2,(H,17,18). The van der Waals surface area contributed by atoms with Crippen LogP contribution in [0.4, 0.5) is 0 Å². The highest BCUT2D eigenvalue weighted by Gasteiger charge is 2.41. The molecule has 0 unspecified atom stereocenters. The molecular formula is C14H17BrN2O. The van der Waals surface area contributed by atoms with Gasteiger partial charge in [0.25, 0.3) is 5.91 Å². The number of rotatable bonds is 5. The molecule has 2 fully saturated rings. The van der Waals surface area contributed by atoms with Gasteiger partial charge in [0.1, 0.15) is 5.69 Å². The number of nitrogens with one attached hydrogen (secondary N) is 1. The molecule has 18 heavy (non-hydrogen) atoms. The van der Waals surface area contributed by atoms with Gasteiger partial charge in [0.2, 0.25) is 0 Å². The molecule has 2 saturated carbocycles. The van der Waals surface area contributed by atoms with E-state index < -0.39 is 0 Å². The van der Waals surface area contributed by atoms with Gasteiger partial charge in [-0.1, -0.05) is 0 Å². The summed E-state index contributed by atoms with van der Waals surface area (Å²) in [4.78, 5) is 16.1. The first-order valence-corrected chi connectivity index (χ1v) is 7.43. The minimum atomic E-state index is -0.0474. The average molecular weight is 309 g/mol. The zero-order valence-electron chi connectivity index (χ0n) is 10.2. The lowest BCUT2D eigenvalue weighted by Gasteiger charge is -2.15. The van der Waals surface area contributed by atoms with Crippen molar-refractivity contribution in [2.75, 3.05) is 6.54 Å². The summed E-state index contributed by atoms with van der Waals surface area (Å²) in [5.41, 5.74) is 0.503. The molecule has 0 aromatic carbocycles. The van der Waals surface area contributed by atoms with E-state index in [1.165, 1.54) is 25.7 Å². The number of pyridine rings is 1. The molecular weight excluding hydrogens is 292 g/mol. The van der Waals surface area contributed by atoms with Gasteiger partial charge in [0, 0.05) is 17.2 Å². The molecule has 1 aromatic rings. The van der Waals surface area contributed by atoms with Crippen molar-refractivity contribution >= 4 is 21.8 Å². The summed E-state index contributed by atoms with van der Waals surface area (Å²) in [6, 6.07) is 3.60. The lowest BCUT2D eigenvalue weighted by atomic mass is 9.98. The van der Waals surface area contributed by atoms with Crippen LogP contribution in [-0.4, -0.2) is 17.4 Å². The summed E-state index contributed by atoms with van der Waals surface area (Å²) in [5, 5.41) is 3.04. The molecule has 3 nitrogen and oxygen atoms in total. The molecule has 0 bridgehead atoms. The average Bonchev–Trinajstić information content (AvgIpc) is 3.24. The maximum Gasteiger partial charge on any atom is 0.269 e. The zero-order chi connectivity index (χ0) is 12.5. The lowest BCUT2D eigenvalue weighted by Crippen LogP contribution is -2.31. The van der Waals surface area contributed by atoms with Crippen molar-refractivity contribution < 1.29 is 4.79 Å². The van der Waals surface area contributed by atoms with E-state index in [-0.39, 0.29) is 5.91 Å². The monoisotopic (exact) mass is 308 g/mol. The molecule has 2 aliphatic carbocycles. The quantitative estimate of drug-likeness (QED) is 0.908. The second-order valence-electron chi connectivity index (χ2n) is 5.41. The highest BCUT2D eigenvalue weighted by Crippen LogP contribution is 2.48. The Morgan fingerprint density at radius 3 is 2.50 bits per heavy atom. The maximum absolute atomic E-state index is 12.0. The molecule has 96 valence electrons. The van der Waals surface area contributed by atoms with Crippen LogP contribution in [0.2, 0.25) is 0 Å². The third-order valence-electron chi connectivity index (χ3n) is 3.91. The topological polar surface area (TPSA) is 42.0 Å². The molecule has 2 aliphatic rings. The fourth-order valence-electron chi connectivity index (χ4n) is 2.58. The van der Waals surface area contributed by atoms with Gasteiger partial charge >= 0.3 is 0 Å². The van der Waals surface area contributed by atoms with Gasteiger partial charge in [0.05, 0.1) is 0 Å². The number of amides is 1. The Labute approximate surface area is 116 Å². The third kappa shape index (κ3) is 2.91. The van der Waals surface area contributed by atoms with Gasteiger partial charge < -0.3 is 5.32 Å². The van der Waals surface area contributed by atoms with Crippen molar-refractivity contribution in [3.05, 3.63) is 28.5 Å². The van der Waals surface area contributed by atoms with E-state index in [1.54, 1.807) is 12.3 Å². The molecule has 0 spiro atoms. The SMILES string of the molecule is O=C(NCC(C1CC1)C1CC1)c1ccc(Br)cn1. The van der Waals surface area contributed by atoms with Gasteiger partial charge in [0.15, 0.2) is 0 Å². The molecule has 0 atom stereocenters. The summed E-state index contributed by atoms with van der Waals surface area (Å²) in [7, 11) is 0. The van der Waals surface area contributed by atoms with Crippen LogP contribution in [0.5, 0.6) is 0 Å². The Morgan fingerprint density at radius 1 is 1.33 bits per heavy atom. The molecule has 0 radical (unpaired) electrons. The minimum absolute atomic E-state index is 0.0474. The van der Waals surface area contributed by atoms with Crippen molar-refractivity contribution in [1.29, 1.82) is 0 Å². The number of aromatic nitrogens is 1. The van der Waals surface area contributed by atoms with Crippen LogP contribution in [0, 0.1) is 17.8 Å². The van der Waals surface area contributed by atoms with Crippen molar-refractivity contribution in [1.82, 2.24) is 10.3 Å². The second-order valence-corrected chi connectivity index (χ2v) is 6.33. The van der Waals surface area contributed by atoms with Crippen molar-refractivity contribution in [2.45, 2.75) is 25.7 Å². The van der Waals surface area contributed by atoms with Crippen molar-refractivity contribution in [2.24, 2.45) is 17.8 Å². The van der Waals surface area contributed by atoms with Gasteiger partial charge in [-0.15, -0.1) is 0 Å². The first-order chi connectivity index (χ1) is 8.74. The van der Waals surface area contributed by atoms with E-state index >= 15 is 0 Å². The lowest BCUT2D eigenvalue weighted by molar-refractivity contribution is 0.0938. The van der Waals surface area contributed by atoms with E-state index in [2.05, 4.69) is 26.2 Å². The molecule has 0 aliphatic heterocycles. The van der Waals surface area contributed by atoms with Crippen LogP contribution >= 0.6 is 15.9 Å². The van der Waals surface area contributed by atoms with Crippen LogP contribution in [0.1, 0.15) is 36.2 Å². The van der Waals surface area contributed by atoms with E-state index in [1.807, 2.05) is 6.07 Å². The molecule has 1 aromatic heterocycles. The smallest absolute Gasteiger partial charge is 0.269 e. The summed E-state index contributed by atoms with van der Waals surface area (Å²) < 4.78 is 0.896. The number of carbonyl (C=O) groups excluding carboxylic acids is 1. The Bertz CT molecular complexity index is 426. The zero-order valence-corrected chi connectivity index (χ0v) is 11.8. The summed E-state index contributed by atoms with van der Waals surface area (Å²) in [6.07, 6.45) is 7.08. The highest BCUT2D eigenvalue weighted by molar-refractivity contribution is 9.10. The number of hydrogen-bond acceptors (Lipinski definition) is 2. The number of hydrogen-bond donors (Lipinski definition) is 1. The Balaban J connectivity index is 1.55. The van der Waals surface area contributed by atoms with Crippen molar-refractivity contribution in [3.8, 4) is 0 Å². The van der Waals surface area contributed by atoms with Crippen LogP contribution in [0.15, 0.2) is 22.8 Å². The maximum atomic E-state index is 12.0. The molecule has 0 saturated heterocycles. The number of halogens is 1. The molecule has 4 heteroatoms. The first kappa shape index (κ1) is 12.2. The summed E-state index contributed by atoms with van der Waals surface area (Å²) in [6.45, 7) is 0.825. The predicted molar refractivity (Wildman–Crippen MR) is 73.2 cm³/mol. The fourth-order valence-corrected chi connectivity index (χ4v) is 2.81. The van der Waals surface area contributed by atoms with Crippen molar-refractivity contribution in [3.63, 3.8) is 0 Å². The Morgan fingerprint density at radius 2 is 2.00 bits per heavy atom. The van der Waals surface area contributed by atoms with Gasteiger partial charge in [-0.25, -0.2) is 4.98 Å². The van der Waals surface area contributed by atoms with Crippen LogP contribution in [0.3, 0.4) is 0 Å². The van der Waals surface area contributed by atoms with E-state index in [4.69, 9.17) is 0 Å². The summed E-state index contributed by atoms with van der Waals surface area (Å²) in [5.74, 6) is 2.41. The van der Waals surface area contributed by atoms with Crippen LogP contribution in [-0.2, 0) is 0 Å². The van der Waals surface area contributed by atoms with Gasteiger partial charge in [-0.05, 0) is 71.5 Å². The van der Waals surface area contributed by atoms with E-state index in [0.717, 1.165) is 22.9 Å². The minimum Gasteiger partial charge on any atom is -0.350 e. The summed E-state index contributed by atoms with van der Waals surface area (Å²) >= 11 is 3.32. The first-order valence-electron chi connectivity index (χ1n) is 6.64. The molecule has 3 rings (SSSR count). The second kappa shape index (κ2) is 5.00. The third-order valence-corrected chi connectivity index (χ3v) is 4.38. The van der Waals surface area contributed by atoms with E-state index in [9.17, 15) is 4.79 Å². The van der Waals surface area contributed by atoms with Crippen LogP contribution < -0.4 is 5.32 Å². The largest absolute Gasteiger partial charge is 0.350 e. The Kier molecular flexibility index (Phi) is 3.37. The number of carbonyl (C=O) groups is 1. The van der Waals surface area contributed by atoms with Crippen LogP contribution in [0.25, 0.3) is 0 Å². The normalized spacial score (nSPS) is 19.0. The number of nitrogens with zero attached hydrogens (tertiary/aromatic N) is 1. The van der Waals surface area contributed by atoms with E-state index in [0.29, 0.717) is 11.6 Å². The van der Waals surface area contributed by atoms with Gasteiger partial charge in [-0.3, -0.25) is 4.79 Å². The predicted octanol–water partition coefficient (Wildman–Crippen LogP) is 3.01. The highest BCUT2D eigenvalue weighted by atomic mass is 79.9. The Hall–Kier alpha value is -0.900. The molecule has 1 N–H and O–H groups in total. The van der Waals surface area contributed by atoms with Gasteiger partial charge in [-0.2, -0.15) is 0 Å². The fraction of sp³-hybridized carbons (Fsp3) is 0.571. The molecule has 1 heterocycles. The molecule has 1 amide bonds.